The first-order chi connectivity index (χ1) is 13.2. The Balaban J connectivity index is 1.30. The summed E-state index contributed by atoms with van der Waals surface area (Å²) >= 11 is 0. The van der Waals surface area contributed by atoms with Gasteiger partial charge in [-0.3, -0.25) is 5.10 Å². The van der Waals surface area contributed by atoms with Crippen LogP contribution in [0.2, 0.25) is 0 Å². The smallest absolute Gasteiger partial charge is 0.225 e. The zero-order chi connectivity index (χ0) is 18.2. The minimum Gasteiger partial charge on any atom is -0.359 e. The lowest BCUT2D eigenvalue weighted by atomic mass is 10.3. The lowest BCUT2D eigenvalue weighted by Crippen LogP contribution is -2.13. The predicted octanol–water partition coefficient (Wildman–Crippen LogP) is 3.27. The molecule has 4 aromatic heterocycles. The number of fused-ring (bicyclic) bond motifs is 1. The van der Waals surface area contributed by atoms with E-state index in [0.717, 1.165) is 16.9 Å². The number of anilines is 3. The van der Waals surface area contributed by atoms with E-state index in [1.54, 1.807) is 12.4 Å². The van der Waals surface area contributed by atoms with E-state index in [9.17, 15) is 0 Å². The first-order valence-electron chi connectivity index (χ1n) is 8.96. The molecule has 0 saturated heterocycles. The maximum atomic E-state index is 4.56. The molecule has 0 aromatic carbocycles. The van der Waals surface area contributed by atoms with Crippen molar-refractivity contribution in [2.75, 3.05) is 10.6 Å². The van der Waals surface area contributed by atoms with Crippen molar-refractivity contribution in [1.82, 2.24) is 35.1 Å². The Kier molecular flexibility index (Phi) is 3.70. The second kappa shape index (κ2) is 6.35. The summed E-state index contributed by atoms with van der Waals surface area (Å²) in [5.41, 5.74) is 2.98. The van der Waals surface area contributed by atoms with Crippen LogP contribution < -0.4 is 10.6 Å². The Bertz CT molecular complexity index is 1080. The van der Waals surface area contributed by atoms with Crippen molar-refractivity contribution in [3.8, 4) is 0 Å². The Morgan fingerprint density at radius 1 is 1.15 bits per heavy atom. The third kappa shape index (κ3) is 3.31. The summed E-state index contributed by atoms with van der Waals surface area (Å²) < 4.78 is 0. The topological polar surface area (TPSA) is 120 Å². The van der Waals surface area contributed by atoms with Crippen LogP contribution in [0.5, 0.6) is 0 Å². The Morgan fingerprint density at radius 3 is 2.96 bits per heavy atom. The standard InChI is InChI=1S/C18H19N9/c1-10(17-21-9-14-12(23-17)4-6-19-14)22-18-20-7-5-15(25-18)24-16-8-13(26-27-16)11-2-3-11/h4-11,19H,2-3H2,1H3,(H3,20,22,24,25,26,27)/t10-/m0/s1. The van der Waals surface area contributed by atoms with E-state index in [2.05, 4.69) is 45.8 Å². The number of rotatable bonds is 6. The molecule has 136 valence electrons. The van der Waals surface area contributed by atoms with Gasteiger partial charge in [-0.05, 0) is 31.9 Å². The van der Waals surface area contributed by atoms with Crippen LogP contribution in [0.15, 0.2) is 36.8 Å². The average Bonchev–Trinajstić information content (AvgIpc) is 3.23. The summed E-state index contributed by atoms with van der Waals surface area (Å²) in [6.07, 6.45) is 7.80. The minimum absolute atomic E-state index is 0.133. The molecule has 0 bridgehead atoms. The van der Waals surface area contributed by atoms with Gasteiger partial charge in [0.25, 0.3) is 0 Å². The second-order valence-corrected chi connectivity index (χ2v) is 6.74. The zero-order valence-corrected chi connectivity index (χ0v) is 14.8. The highest BCUT2D eigenvalue weighted by Gasteiger charge is 2.25. The van der Waals surface area contributed by atoms with Crippen LogP contribution in [-0.4, -0.2) is 35.1 Å². The van der Waals surface area contributed by atoms with E-state index in [0.29, 0.717) is 23.5 Å². The maximum Gasteiger partial charge on any atom is 0.225 e. The Labute approximate surface area is 155 Å². The van der Waals surface area contributed by atoms with E-state index in [1.165, 1.54) is 18.5 Å². The largest absolute Gasteiger partial charge is 0.359 e. The quantitative estimate of drug-likeness (QED) is 0.416. The molecule has 1 fully saturated rings. The fourth-order valence-electron chi connectivity index (χ4n) is 2.96. The van der Waals surface area contributed by atoms with Gasteiger partial charge in [0.2, 0.25) is 5.95 Å². The van der Waals surface area contributed by atoms with Gasteiger partial charge in [0.05, 0.1) is 23.3 Å². The number of nitrogens with one attached hydrogen (secondary N) is 4. The van der Waals surface area contributed by atoms with Gasteiger partial charge in [0.1, 0.15) is 5.82 Å². The van der Waals surface area contributed by atoms with Gasteiger partial charge < -0.3 is 15.6 Å². The van der Waals surface area contributed by atoms with E-state index in [4.69, 9.17) is 0 Å². The molecular formula is C18H19N9. The minimum atomic E-state index is -0.133. The molecule has 27 heavy (non-hydrogen) atoms. The van der Waals surface area contributed by atoms with Gasteiger partial charge in [-0.25, -0.2) is 15.0 Å². The molecule has 9 nitrogen and oxygen atoms in total. The van der Waals surface area contributed by atoms with Crippen molar-refractivity contribution in [3.05, 3.63) is 48.3 Å². The summed E-state index contributed by atoms with van der Waals surface area (Å²) in [6.45, 7) is 1.98. The van der Waals surface area contributed by atoms with Crippen LogP contribution in [0.3, 0.4) is 0 Å². The van der Waals surface area contributed by atoms with E-state index in [-0.39, 0.29) is 6.04 Å². The van der Waals surface area contributed by atoms with Gasteiger partial charge in [-0.1, -0.05) is 0 Å². The fraction of sp³-hybridized carbons (Fsp3) is 0.278. The summed E-state index contributed by atoms with van der Waals surface area (Å²) in [7, 11) is 0. The second-order valence-electron chi connectivity index (χ2n) is 6.74. The molecule has 4 aromatic rings. The molecule has 1 aliphatic carbocycles. The van der Waals surface area contributed by atoms with Crippen molar-refractivity contribution in [1.29, 1.82) is 0 Å². The van der Waals surface area contributed by atoms with E-state index >= 15 is 0 Å². The van der Waals surface area contributed by atoms with Gasteiger partial charge in [-0.15, -0.1) is 0 Å². The third-order valence-electron chi connectivity index (χ3n) is 4.58. The molecule has 4 N–H and O–H groups in total. The third-order valence-corrected chi connectivity index (χ3v) is 4.58. The Morgan fingerprint density at radius 2 is 2.07 bits per heavy atom. The molecule has 0 unspecified atom stereocenters. The molecule has 1 aliphatic rings. The SMILES string of the molecule is C[C@H](Nc1nccc(Nc2cc(C3CC3)[nH]n2)n1)c1ncc2[nH]ccc2n1. The van der Waals surface area contributed by atoms with Crippen molar-refractivity contribution in [2.45, 2.75) is 31.7 Å². The van der Waals surface area contributed by atoms with Crippen LogP contribution in [0, 0.1) is 0 Å². The number of H-pyrrole nitrogens is 2. The summed E-state index contributed by atoms with van der Waals surface area (Å²) in [5.74, 6) is 3.26. The molecule has 4 heterocycles. The van der Waals surface area contributed by atoms with Crippen molar-refractivity contribution >= 4 is 28.6 Å². The van der Waals surface area contributed by atoms with Gasteiger partial charge in [0.15, 0.2) is 11.6 Å². The fourth-order valence-corrected chi connectivity index (χ4v) is 2.96. The molecule has 0 aliphatic heterocycles. The highest BCUT2D eigenvalue weighted by Crippen LogP contribution is 2.39. The first-order valence-corrected chi connectivity index (χ1v) is 8.96. The van der Waals surface area contributed by atoms with E-state index in [1.807, 2.05) is 31.3 Å². The normalized spacial score (nSPS) is 15.0. The van der Waals surface area contributed by atoms with Crippen molar-refractivity contribution in [3.63, 3.8) is 0 Å². The number of aromatic nitrogens is 7. The molecule has 1 atom stereocenters. The molecule has 0 radical (unpaired) electrons. The lowest BCUT2D eigenvalue weighted by Gasteiger charge is -2.13. The Hall–Kier alpha value is -3.49. The van der Waals surface area contributed by atoms with Crippen molar-refractivity contribution < 1.29 is 0 Å². The molecule has 0 spiro atoms. The molecule has 0 amide bonds. The van der Waals surface area contributed by atoms with Crippen molar-refractivity contribution in [2.24, 2.45) is 0 Å². The average molecular weight is 361 g/mol. The van der Waals surface area contributed by atoms with Gasteiger partial charge >= 0.3 is 0 Å². The predicted molar refractivity (Wildman–Crippen MR) is 102 cm³/mol. The van der Waals surface area contributed by atoms with Gasteiger partial charge in [0, 0.05) is 30.1 Å². The van der Waals surface area contributed by atoms with Crippen LogP contribution in [0.1, 0.15) is 43.2 Å². The highest BCUT2D eigenvalue weighted by atomic mass is 15.2. The monoisotopic (exact) mass is 361 g/mol. The first kappa shape index (κ1) is 15.7. The number of hydrogen-bond donors (Lipinski definition) is 4. The molecular weight excluding hydrogens is 342 g/mol. The van der Waals surface area contributed by atoms with E-state index < -0.39 is 0 Å². The molecule has 5 rings (SSSR count). The number of aromatic amines is 2. The van der Waals surface area contributed by atoms with Crippen LogP contribution in [0.4, 0.5) is 17.6 Å². The van der Waals surface area contributed by atoms with Crippen LogP contribution in [-0.2, 0) is 0 Å². The number of hydrogen-bond acceptors (Lipinski definition) is 7. The van der Waals surface area contributed by atoms with Crippen LogP contribution in [0.25, 0.3) is 11.0 Å². The summed E-state index contributed by atoms with van der Waals surface area (Å²) in [4.78, 5) is 20.8. The highest BCUT2D eigenvalue weighted by molar-refractivity contribution is 5.73. The summed E-state index contributed by atoms with van der Waals surface area (Å²) in [6, 6.07) is 5.64. The maximum absolute atomic E-state index is 4.56. The van der Waals surface area contributed by atoms with Gasteiger partial charge in [-0.2, -0.15) is 10.1 Å². The zero-order valence-electron chi connectivity index (χ0n) is 14.8. The molecule has 1 saturated carbocycles. The van der Waals surface area contributed by atoms with Crippen LogP contribution >= 0.6 is 0 Å². The molecule has 9 heteroatoms. The lowest BCUT2D eigenvalue weighted by molar-refractivity contribution is 0.785. The number of nitrogens with zero attached hydrogens (tertiary/aromatic N) is 5. The summed E-state index contributed by atoms with van der Waals surface area (Å²) in [5, 5.41) is 13.8.